The molecule has 1 aliphatic heterocycles. The highest BCUT2D eigenvalue weighted by atomic mass is 32.1. The average Bonchev–Trinajstić information content (AvgIpc) is 3.08. The Hall–Kier alpha value is -2.19. The predicted octanol–water partition coefficient (Wildman–Crippen LogP) is 2.90. The van der Waals surface area contributed by atoms with Crippen LogP contribution in [0.4, 0.5) is 8.78 Å². The zero-order valence-corrected chi connectivity index (χ0v) is 15.5. The van der Waals surface area contributed by atoms with Crippen molar-refractivity contribution in [1.82, 2.24) is 14.8 Å². The summed E-state index contributed by atoms with van der Waals surface area (Å²) >= 11 is 1.48. The van der Waals surface area contributed by atoms with Crippen molar-refractivity contribution < 1.29 is 18.4 Å². The number of amides is 1. The maximum absolute atomic E-state index is 13.4. The third-order valence-electron chi connectivity index (χ3n) is 5.00. The molecule has 142 valence electrons. The second-order valence-corrected chi connectivity index (χ2v) is 7.94. The smallest absolute Gasteiger partial charge is 0.254 e. The lowest BCUT2D eigenvalue weighted by atomic mass is 10.0. The van der Waals surface area contributed by atoms with Crippen LogP contribution < -0.4 is 0 Å². The van der Waals surface area contributed by atoms with Gasteiger partial charge in [-0.3, -0.25) is 14.5 Å². The van der Waals surface area contributed by atoms with Crippen LogP contribution in [0.25, 0.3) is 0 Å². The number of nitrogens with zero attached hydrogens (tertiary/aromatic N) is 3. The van der Waals surface area contributed by atoms with Crippen molar-refractivity contribution in [2.75, 3.05) is 26.2 Å². The van der Waals surface area contributed by atoms with Gasteiger partial charge in [0.15, 0.2) is 17.4 Å². The fourth-order valence-electron chi connectivity index (χ4n) is 3.50. The van der Waals surface area contributed by atoms with Gasteiger partial charge in [0.25, 0.3) is 5.91 Å². The van der Waals surface area contributed by atoms with Gasteiger partial charge in [-0.1, -0.05) is 0 Å². The number of carbonyl (C=O) groups excluding carboxylic acids is 2. The van der Waals surface area contributed by atoms with E-state index in [4.69, 9.17) is 0 Å². The van der Waals surface area contributed by atoms with Gasteiger partial charge in [-0.25, -0.2) is 13.8 Å². The number of hydrogen-bond donors (Lipinski definition) is 0. The lowest BCUT2D eigenvalue weighted by Crippen LogP contribution is -2.48. The molecule has 1 aliphatic carbocycles. The minimum atomic E-state index is -1.01. The number of benzene rings is 1. The number of piperazine rings is 1. The standard InChI is InChI=1S/C19H19F2N3O2S/c20-13-5-4-12(10-14(13)21)19(26)24-8-6-23(7-9-24)11-17-22-15-2-1-3-16(25)18(15)27-17/h4-5,10H,1-3,6-9,11H2. The quantitative estimate of drug-likeness (QED) is 0.807. The number of ketones is 1. The molecule has 1 fully saturated rings. The second kappa shape index (κ2) is 7.44. The Morgan fingerprint density at radius 1 is 1.11 bits per heavy atom. The summed E-state index contributed by atoms with van der Waals surface area (Å²) < 4.78 is 26.4. The monoisotopic (exact) mass is 391 g/mol. The van der Waals surface area contributed by atoms with Gasteiger partial charge in [-0.15, -0.1) is 11.3 Å². The van der Waals surface area contributed by atoms with Crippen molar-refractivity contribution in [3.05, 3.63) is 51.0 Å². The highest BCUT2D eigenvalue weighted by molar-refractivity contribution is 7.13. The SMILES string of the molecule is O=C1CCCc2nc(CN3CCN(C(=O)c4ccc(F)c(F)c4)CC3)sc21. The molecule has 8 heteroatoms. The first-order valence-corrected chi connectivity index (χ1v) is 9.81. The summed E-state index contributed by atoms with van der Waals surface area (Å²) in [6.45, 7) is 3.04. The summed E-state index contributed by atoms with van der Waals surface area (Å²) in [6.07, 6.45) is 2.35. The average molecular weight is 391 g/mol. The molecule has 0 spiro atoms. The van der Waals surface area contributed by atoms with Crippen molar-refractivity contribution in [3.8, 4) is 0 Å². The lowest BCUT2D eigenvalue weighted by molar-refractivity contribution is 0.0627. The number of hydrogen-bond acceptors (Lipinski definition) is 5. The Kier molecular flexibility index (Phi) is 5.01. The molecule has 4 rings (SSSR count). The second-order valence-electron chi connectivity index (χ2n) is 6.86. The van der Waals surface area contributed by atoms with Gasteiger partial charge in [0, 0.05) is 38.2 Å². The van der Waals surface area contributed by atoms with Crippen molar-refractivity contribution in [2.45, 2.75) is 25.8 Å². The number of halogens is 2. The van der Waals surface area contributed by atoms with Crippen LogP contribution in [0.15, 0.2) is 18.2 Å². The van der Waals surface area contributed by atoms with E-state index in [0.29, 0.717) is 39.1 Å². The van der Waals surface area contributed by atoms with E-state index in [0.717, 1.165) is 40.6 Å². The van der Waals surface area contributed by atoms with E-state index >= 15 is 0 Å². The van der Waals surface area contributed by atoms with E-state index in [1.165, 1.54) is 17.4 Å². The molecule has 5 nitrogen and oxygen atoms in total. The van der Waals surface area contributed by atoms with E-state index in [1.807, 2.05) is 0 Å². The van der Waals surface area contributed by atoms with Gasteiger partial charge < -0.3 is 4.90 Å². The van der Waals surface area contributed by atoms with Gasteiger partial charge >= 0.3 is 0 Å². The molecular weight excluding hydrogens is 372 g/mol. The summed E-state index contributed by atoms with van der Waals surface area (Å²) in [5.41, 5.74) is 1.09. The molecule has 2 aliphatic rings. The van der Waals surface area contributed by atoms with Crippen molar-refractivity contribution >= 4 is 23.0 Å². The normalized spacial score (nSPS) is 17.9. The topological polar surface area (TPSA) is 53.5 Å². The summed E-state index contributed by atoms with van der Waals surface area (Å²) in [7, 11) is 0. The molecule has 1 aromatic heterocycles. The first kappa shape index (κ1) is 18.2. The first-order chi connectivity index (χ1) is 13.0. The Morgan fingerprint density at radius 3 is 2.59 bits per heavy atom. The molecule has 0 atom stereocenters. The maximum Gasteiger partial charge on any atom is 0.254 e. The van der Waals surface area contributed by atoms with Crippen LogP contribution in [0.5, 0.6) is 0 Å². The third-order valence-corrected chi connectivity index (χ3v) is 6.12. The Labute approximate surface area is 159 Å². The van der Waals surface area contributed by atoms with Crippen LogP contribution in [-0.4, -0.2) is 52.7 Å². The van der Waals surface area contributed by atoms with E-state index in [1.54, 1.807) is 4.90 Å². The van der Waals surface area contributed by atoms with E-state index in [9.17, 15) is 18.4 Å². The minimum absolute atomic E-state index is 0.161. The maximum atomic E-state index is 13.4. The molecular formula is C19H19F2N3O2S. The molecule has 1 amide bonds. The van der Waals surface area contributed by atoms with Crippen molar-refractivity contribution in [1.29, 1.82) is 0 Å². The molecule has 0 unspecified atom stereocenters. The van der Waals surface area contributed by atoms with Crippen LogP contribution in [0.2, 0.25) is 0 Å². The van der Waals surface area contributed by atoms with Crippen molar-refractivity contribution in [3.63, 3.8) is 0 Å². The van der Waals surface area contributed by atoms with Gasteiger partial charge in [-0.05, 0) is 31.0 Å². The molecule has 0 saturated carbocycles. The van der Waals surface area contributed by atoms with Crippen LogP contribution in [0.1, 0.15) is 43.6 Å². The third kappa shape index (κ3) is 3.77. The van der Waals surface area contributed by atoms with Crippen molar-refractivity contribution in [2.24, 2.45) is 0 Å². The highest BCUT2D eigenvalue weighted by Crippen LogP contribution is 2.27. The number of aromatic nitrogens is 1. The van der Waals surface area contributed by atoms with Gasteiger partial charge in [-0.2, -0.15) is 0 Å². The number of Topliss-reactive ketones (excluding diaryl/α,β-unsaturated/α-hetero) is 1. The van der Waals surface area contributed by atoms with Crippen LogP contribution in [0.3, 0.4) is 0 Å². The van der Waals surface area contributed by atoms with E-state index < -0.39 is 11.6 Å². The zero-order valence-electron chi connectivity index (χ0n) is 14.7. The van der Waals surface area contributed by atoms with Gasteiger partial charge in [0.05, 0.1) is 17.1 Å². The number of rotatable bonds is 3. The largest absolute Gasteiger partial charge is 0.336 e. The molecule has 27 heavy (non-hydrogen) atoms. The number of carbonyl (C=O) groups is 2. The first-order valence-electron chi connectivity index (χ1n) is 9.00. The van der Waals surface area contributed by atoms with Crippen LogP contribution >= 0.6 is 11.3 Å². The fraction of sp³-hybridized carbons (Fsp3) is 0.421. The molecule has 2 heterocycles. The number of aryl methyl sites for hydroxylation is 1. The molecule has 1 saturated heterocycles. The summed E-state index contributed by atoms with van der Waals surface area (Å²) in [5.74, 6) is -2.06. The zero-order chi connectivity index (χ0) is 19.0. The number of thiazole rings is 1. The molecule has 0 bridgehead atoms. The highest BCUT2D eigenvalue weighted by Gasteiger charge is 2.26. The van der Waals surface area contributed by atoms with Gasteiger partial charge in [0.1, 0.15) is 5.01 Å². The fourth-order valence-corrected chi connectivity index (χ4v) is 4.62. The molecule has 2 aromatic rings. The van der Waals surface area contributed by atoms with Gasteiger partial charge in [0.2, 0.25) is 0 Å². The Bertz CT molecular complexity index is 891. The molecule has 0 N–H and O–H groups in total. The summed E-state index contributed by atoms with van der Waals surface area (Å²) in [5, 5.41) is 0.940. The summed E-state index contributed by atoms with van der Waals surface area (Å²) in [4.78, 5) is 33.7. The van der Waals surface area contributed by atoms with E-state index in [2.05, 4.69) is 9.88 Å². The Morgan fingerprint density at radius 2 is 1.89 bits per heavy atom. The Balaban J connectivity index is 1.35. The molecule has 1 aromatic carbocycles. The van der Waals surface area contributed by atoms with Crippen LogP contribution in [0, 0.1) is 11.6 Å². The lowest BCUT2D eigenvalue weighted by Gasteiger charge is -2.34. The van der Waals surface area contributed by atoms with E-state index in [-0.39, 0.29) is 17.3 Å². The van der Waals surface area contributed by atoms with Crippen LogP contribution in [-0.2, 0) is 13.0 Å². The minimum Gasteiger partial charge on any atom is -0.336 e. The number of fused-ring (bicyclic) bond motifs is 1. The predicted molar refractivity (Wildman–Crippen MR) is 96.9 cm³/mol. The molecule has 0 radical (unpaired) electrons. The summed E-state index contributed by atoms with van der Waals surface area (Å²) in [6, 6.07) is 3.23.